The zero-order valence-electron chi connectivity index (χ0n) is 12.4. The number of aliphatic carboxylic acids is 1. The summed E-state index contributed by atoms with van der Waals surface area (Å²) in [7, 11) is 0. The number of nitrogens with one attached hydrogen (secondary N) is 1. The lowest BCUT2D eigenvalue weighted by Crippen LogP contribution is -2.28. The molecule has 1 fully saturated rings. The van der Waals surface area contributed by atoms with Crippen LogP contribution >= 0.6 is 0 Å². The summed E-state index contributed by atoms with van der Waals surface area (Å²) in [5, 5.41) is 17.0. The third-order valence-corrected chi connectivity index (χ3v) is 4.39. The lowest BCUT2D eigenvalue weighted by atomic mass is 9.96. The van der Waals surface area contributed by atoms with Crippen LogP contribution in [0.25, 0.3) is 0 Å². The summed E-state index contributed by atoms with van der Waals surface area (Å²) in [5.41, 5.74) is 1.02. The zero-order valence-corrected chi connectivity index (χ0v) is 12.4. The van der Waals surface area contributed by atoms with Crippen LogP contribution in [-0.4, -0.2) is 27.4 Å². The van der Waals surface area contributed by atoms with Crippen molar-refractivity contribution in [2.45, 2.75) is 52.1 Å². The number of aromatic nitrogens is 2. The molecule has 5 nitrogen and oxygen atoms in total. The number of carbonyl (C=O) groups is 1. The largest absolute Gasteiger partial charge is 0.481 e. The first kappa shape index (κ1) is 15.0. The fraction of sp³-hybridized carbons (Fsp3) is 0.733. The van der Waals surface area contributed by atoms with Crippen LogP contribution in [0.5, 0.6) is 0 Å². The maximum absolute atomic E-state index is 11.1. The van der Waals surface area contributed by atoms with Crippen molar-refractivity contribution in [1.29, 1.82) is 0 Å². The van der Waals surface area contributed by atoms with Gasteiger partial charge in [-0.1, -0.05) is 13.3 Å². The number of carboxylic acids is 1. The summed E-state index contributed by atoms with van der Waals surface area (Å²) in [5.74, 6) is -0.542. The normalized spacial score (nSPS) is 23.9. The topological polar surface area (TPSA) is 67.2 Å². The third kappa shape index (κ3) is 3.60. The minimum atomic E-state index is -0.643. The Hall–Kier alpha value is -1.36. The molecule has 112 valence electrons. The molecule has 0 radical (unpaired) electrons. The second-order valence-electron chi connectivity index (χ2n) is 5.81. The summed E-state index contributed by atoms with van der Waals surface area (Å²) in [6.07, 6.45) is 5.96. The van der Waals surface area contributed by atoms with Crippen molar-refractivity contribution in [2.24, 2.45) is 11.8 Å². The van der Waals surface area contributed by atoms with E-state index in [4.69, 9.17) is 5.11 Å². The maximum Gasteiger partial charge on any atom is 0.306 e. The summed E-state index contributed by atoms with van der Waals surface area (Å²) in [6.45, 7) is 5.79. The molecule has 1 heterocycles. The van der Waals surface area contributed by atoms with Gasteiger partial charge in [0.1, 0.15) is 0 Å². The van der Waals surface area contributed by atoms with Gasteiger partial charge in [0.2, 0.25) is 0 Å². The van der Waals surface area contributed by atoms with E-state index in [1.54, 1.807) is 0 Å². The van der Waals surface area contributed by atoms with Crippen molar-refractivity contribution in [2.75, 3.05) is 6.54 Å². The standard InChI is InChI=1S/C15H25N3O2/c1-3-11(2)18-8-7-13(17-18)10-16-9-12-5-4-6-14(12)15(19)20/h7-8,11-12,14,16H,3-6,9-10H2,1-2H3,(H,19,20). The molecule has 0 saturated heterocycles. The van der Waals surface area contributed by atoms with Crippen molar-refractivity contribution in [3.8, 4) is 0 Å². The van der Waals surface area contributed by atoms with Crippen LogP contribution in [0, 0.1) is 11.8 Å². The van der Waals surface area contributed by atoms with Gasteiger partial charge in [-0.2, -0.15) is 5.10 Å². The van der Waals surface area contributed by atoms with Gasteiger partial charge in [-0.05, 0) is 44.7 Å². The summed E-state index contributed by atoms with van der Waals surface area (Å²) < 4.78 is 1.99. The van der Waals surface area contributed by atoms with Crippen LogP contribution in [0.4, 0.5) is 0 Å². The van der Waals surface area contributed by atoms with Crippen LogP contribution in [0.3, 0.4) is 0 Å². The maximum atomic E-state index is 11.1. The highest BCUT2D eigenvalue weighted by atomic mass is 16.4. The highest BCUT2D eigenvalue weighted by Crippen LogP contribution is 2.31. The summed E-state index contributed by atoms with van der Waals surface area (Å²) >= 11 is 0. The summed E-state index contributed by atoms with van der Waals surface area (Å²) in [6, 6.07) is 2.46. The monoisotopic (exact) mass is 279 g/mol. The Balaban J connectivity index is 1.78. The predicted octanol–water partition coefficient (Wildman–Crippen LogP) is 2.44. The van der Waals surface area contributed by atoms with Crippen LogP contribution in [0.15, 0.2) is 12.3 Å². The van der Waals surface area contributed by atoms with E-state index in [2.05, 4.69) is 24.3 Å². The Morgan fingerprint density at radius 3 is 3.10 bits per heavy atom. The molecule has 0 spiro atoms. The van der Waals surface area contributed by atoms with E-state index in [0.29, 0.717) is 12.6 Å². The smallest absolute Gasteiger partial charge is 0.306 e. The van der Waals surface area contributed by atoms with Gasteiger partial charge in [0, 0.05) is 18.8 Å². The van der Waals surface area contributed by atoms with Gasteiger partial charge in [-0.15, -0.1) is 0 Å². The molecule has 0 amide bonds. The molecular formula is C15H25N3O2. The van der Waals surface area contributed by atoms with Gasteiger partial charge >= 0.3 is 5.97 Å². The van der Waals surface area contributed by atoms with E-state index in [-0.39, 0.29) is 11.8 Å². The second kappa shape index (κ2) is 6.88. The molecule has 0 aromatic carbocycles. The third-order valence-electron chi connectivity index (χ3n) is 4.39. The van der Waals surface area contributed by atoms with Crippen LogP contribution in [0.1, 0.15) is 51.3 Å². The van der Waals surface area contributed by atoms with Crippen molar-refractivity contribution in [3.05, 3.63) is 18.0 Å². The molecule has 3 unspecified atom stereocenters. The van der Waals surface area contributed by atoms with Crippen molar-refractivity contribution < 1.29 is 9.90 Å². The van der Waals surface area contributed by atoms with Crippen LogP contribution in [-0.2, 0) is 11.3 Å². The van der Waals surface area contributed by atoms with E-state index >= 15 is 0 Å². The zero-order chi connectivity index (χ0) is 14.5. The highest BCUT2D eigenvalue weighted by Gasteiger charge is 2.32. The first-order valence-corrected chi connectivity index (χ1v) is 7.59. The van der Waals surface area contributed by atoms with E-state index in [1.807, 2.05) is 16.9 Å². The first-order valence-electron chi connectivity index (χ1n) is 7.59. The van der Waals surface area contributed by atoms with Gasteiger partial charge in [0.15, 0.2) is 0 Å². The Morgan fingerprint density at radius 1 is 1.60 bits per heavy atom. The van der Waals surface area contributed by atoms with E-state index in [0.717, 1.165) is 37.9 Å². The molecule has 1 aromatic heterocycles. The number of hydrogen-bond donors (Lipinski definition) is 2. The van der Waals surface area contributed by atoms with Crippen molar-refractivity contribution in [3.63, 3.8) is 0 Å². The Kier molecular flexibility index (Phi) is 5.17. The molecule has 5 heteroatoms. The molecule has 1 aliphatic rings. The second-order valence-corrected chi connectivity index (χ2v) is 5.81. The lowest BCUT2D eigenvalue weighted by molar-refractivity contribution is -0.142. The molecule has 1 aliphatic carbocycles. The Bertz CT molecular complexity index is 444. The van der Waals surface area contributed by atoms with E-state index < -0.39 is 5.97 Å². The fourth-order valence-electron chi connectivity index (χ4n) is 2.90. The number of rotatable bonds is 7. The van der Waals surface area contributed by atoms with Gasteiger partial charge in [0.25, 0.3) is 0 Å². The van der Waals surface area contributed by atoms with Gasteiger partial charge < -0.3 is 10.4 Å². The molecule has 1 aromatic rings. The van der Waals surface area contributed by atoms with Crippen molar-refractivity contribution >= 4 is 5.97 Å². The molecule has 2 rings (SSSR count). The van der Waals surface area contributed by atoms with Crippen molar-refractivity contribution in [1.82, 2.24) is 15.1 Å². The first-order chi connectivity index (χ1) is 9.61. The highest BCUT2D eigenvalue weighted by molar-refractivity contribution is 5.70. The molecular weight excluding hydrogens is 254 g/mol. The average Bonchev–Trinajstić information content (AvgIpc) is 3.06. The minimum Gasteiger partial charge on any atom is -0.481 e. The van der Waals surface area contributed by atoms with Gasteiger partial charge in [0.05, 0.1) is 11.6 Å². The molecule has 2 N–H and O–H groups in total. The van der Waals surface area contributed by atoms with Crippen LogP contribution in [0.2, 0.25) is 0 Å². The average molecular weight is 279 g/mol. The minimum absolute atomic E-state index is 0.167. The fourth-order valence-corrected chi connectivity index (χ4v) is 2.90. The summed E-state index contributed by atoms with van der Waals surface area (Å²) in [4.78, 5) is 11.1. The predicted molar refractivity (Wildman–Crippen MR) is 77.4 cm³/mol. The van der Waals surface area contributed by atoms with Gasteiger partial charge in [-0.3, -0.25) is 9.48 Å². The number of carboxylic acid groups (broad SMARTS) is 1. The quantitative estimate of drug-likeness (QED) is 0.804. The molecule has 3 atom stereocenters. The number of hydrogen-bond acceptors (Lipinski definition) is 3. The molecule has 20 heavy (non-hydrogen) atoms. The van der Waals surface area contributed by atoms with Gasteiger partial charge in [-0.25, -0.2) is 0 Å². The Labute approximate surface area is 120 Å². The molecule has 0 bridgehead atoms. The lowest BCUT2D eigenvalue weighted by Gasteiger charge is -2.15. The number of nitrogens with zero attached hydrogens (tertiary/aromatic N) is 2. The Morgan fingerprint density at radius 2 is 2.40 bits per heavy atom. The molecule has 1 saturated carbocycles. The van der Waals surface area contributed by atoms with E-state index in [1.165, 1.54) is 0 Å². The van der Waals surface area contributed by atoms with Crippen LogP contribution < -0.4 is 5.32 Å². The SMILES string of the molecule is CCC(C)n1ccc(CNCC2CCCC2C(=O)O)n1. The molecule has 0 aliphatic heterocycles. The van der Waals surface area contributed by atoms with E-state index in [9.17, 15) is 4.79 Å².